The van der Waals surface area contributed by atoms with E-state index in [-0.39, 0.29) is 6.10 Å². The minimum absolute atomic E-state index is 0.117. The number of ether oxygens (including phenoxy) is 1. The fourth-order valence-electron chi connectivity index (χ4n) is 3.51. The van der Waals surface area contributed by atoms with Gasteiger partial charge in [0.25, 0.3) is 0 Å². The third-order valence-electron chi connectivity index (χ3n) is 5.18. The summed E-state index contributed by atoms with van der Waals surface area (Å²) >= 11 is 0. The zero-order chi connectivity index (χ0) is 19.1. The highest BCUT2D eigenvalue weighted by Gasteiger charge is 2.25. The number of anilines is 1. The molecule has 2 aliphatic heterocycles. The van der Waals surface area contributed by atoms with Crippen molar-refractivity contribution in [2.75, 3.05) is 63.6 Å². The molecule has 0 unspecified atom stereocenters. The van der Waals surface area contributed by atoms with Gasteiger partial charge in [-0.05, 0) is 25.0 Å². The van der Waals surface area contributed by atoms with Crippen molar-refractivity contribution >= 4 is 15.7 Å². The molecular weight excluding hydrogens is 362 g/mol. The second-order valence-electron chi connectivity index (χ2n) is 7.12. The Hall–Kier alpha value is -1.59. The van der Waals surface area contributed by atoms with Crippen molar-refractivity contribution in [3.63, 3.8) is 0 Å². The first-order valence-electron chi connectivity index (χ1n) is 9.57. The number of para-hydroxylation sites is 1. The fourth-order valence-corrected chi connectivity index (χ4v) is 4.39. The van der Waals surface area contributed by atoms with E-state index in [1.807, 2.05) is 6.07 Å². The Kier molecular flexibility index (Phi) is 7.13. The Labute approximate surface area is 163 Å². The van der Waals surface area contributed by atoms with Crippen LogP contribution in [0, 0.1) is 11.8 Å². The van der Waals surface area contributed by atoms with Crippen molar-refractivity contribution in [3.05, 3.63) is 30.3 Å². The third kappa shape index (κ3) is 6.22. The zero-order valence-electron chi connectivity index (χ0n) is 16.0. The number of sulfonamides is 1. The molecule has 1 aromatic carbocycles. The summed E-state index contributed by atoms with van der Waals surface area (Å²) in [5, 5.41) is 0. The SMILES string of the molecule is CS(=O)(=O)N1CCC(OCC#CCN2CCN(c3ccccc3)CC2)CC1. The van der Waals surface area contributed by atoms with Crippen LogP contribution in [0.15, 0.2) is 30.3 Å². The molecule has 27 heavy (non-hydrogen) atoms. The highest BCUT2D eigenvalue weighted by Crippen LogP contribution is 2.16. The van der Waals surface area contributed by atoms with Gasteiger partial charge in [0, 0.05) is 45.0 Å². The maximum atomic E-state index is 11.5. The lowest BCUT2D eigenvalue weighted by Gasteiger charge is -2.35. The highest BCUT2D eigenvalue weighted by molar-refractivity contribution is 7.88. The predicted octanol–water partition coefficient (Wildman–Crippen LogP) is 1.25. The maximum absolute atomic E-state index is 11.5. The van der Waals surface area contributed by atoms with Gasteiger partial charge in [0.1, 0.15) is 6.61 Å². The predicted molar refractivity (Wildman–Crippen MR) is 108 cm³/mol. The van der Waals surface area contributed by atoms with Crippen molar-refractivity contribution in [3.8, 4) is 11.8 Å². The topological polar surface area (TPSA) is 53.1 Å². The average molecular weight is 392 g/mol. The summed E-state index contributed by atoms with van der Waals surface area (Å²) in [5.74, 6) is 6.31. The van der Waals surface area contributed by atoms with Crippen LogP contribution in [0.3, 0.4) is 0 Å². The van der Waals surface area contributed by atoms with Gasteiger partial charge in [0.2, 0.25) is 10.0 Å². The summed E-state index contributed by atoms with van der Waals surface area (Å²) in [7, 11) is -3.07. The molecule has 3 rings (SSSR count). The maximum Gasteiger partial charge on any atom is 0.211 e. The number of benzene rings is 1. The Morgan fingerprint density at radius 1 is 1.00 bits per heavy atom. The Morgan fingerprint density at radius 2 is 1.67 bits per heavy atom. The zero-order valence-corrected chi connectivity index (χ0v) is 16.8. The first kappa shape index (κ1) is 20.2. The second kappa shape index (κ2) is 9.56. The first-order chi connectivity index (χ1) is 13.0. The summed E-state index contributed by atoms with van der Waals surface area (Å²) in [6, 6.07) is 10.5. The van der Waals surface area contributed by atoms with Crippen molar-refractivity contribution in [1.82, 2.24) is 9.21 Å². The monoisotopic (exact) mass is 391 g/mol. The lowest BCUT2D eigenvalue weighted by atomic mass is 10.1. The van der Waals surface area contributed by atoms with Crippen LogP contribution >= 0.6 is 0 Å². The normalized spacial score (nSPS) is 20.3. The molecule has 0 bridgehead atoms. The van der Waals surface area contributed by atoms with Gasteiger partial charge >= 0.3 is 0 Å². The van der Waals surface area contributed by atoms with E-state index in [1.54, 1.807) is 0 Å². The van der Waals surface area contributed by atoms with Crippen LogP contribution in [-0.4, -0.2) is 82.4 Å². The molecule has 0 amide bonds. The van der Waals surface area contributed by atoms with Crippen LogP contribution in [0.1, 0.15) is 12.8 Å². The Balaban J connectivity index is 1.31. The quantitative estimate of drug-likeness (QED) is 0.707. The molecule has 0 radical (unpaired) electrons. The van der Waals surface area contributed by atoms with E-state index in [0.29, 0.717) is 19.7 Å². The smallest absolute Gasteiger partial charge is 0.211 e. The third-order valence-corrected chi connectivity index (χ3v) is 6.49. The van der Waals surface area contributed by atoms with Gasteiger partial charge in [-0.25, -0.2) is 12.7 Å². The summed E-state index contributed by atoms with van der Waals surface area (Å²) in [6.07, 6.45) is 2.87. The summed E-state index contributed by atoms with van der Waals surface area (Å²) in [5.41, 5.74) is 1.29. The number of nitrogens with zero attached hydrogens (tertiary/aromatic N) is 3. The van der Waals surface area contributed by atoms with Crippen LogP contribution in [0.4, 0.5) is 5.69 Å². The number of piperazine rings is 1. The molecule has 0 spiro atoms. The van der Waals surface area contributed by atoms with Crippen LogP contribution in [0.2, 0.25) is 0 Å². The minimum atomic E-state index is -3.07. The molecule has 2 aliphatic rings. The average Bonchev–Trinajstić information content (AvgIpc) is 2.69. The minimum Gasteiger partial charge on any atom is -0.369 e. The number of hydrogen-bond acceptors (Lipinski definition) is 5. The van der Waals surface area contributed by atoms with Crippen LogP contribution < -0.4 is 4.90 Å². The van der Waals surface area contributed by atoms with E-state index >= 15 is 0 Å². The van der Waals surface area contributed by atoms with E-state index in [0.717, 1.165) is 45.6 Å². The van der Waals surface area contributed by atoms with Gasteiger partial charge in [-0.15, -0.1) is 0 Å². The van der Waals surface area contributed by atoms with Gasteiger partial charge in [0.15, 0.2) is 0 Å². The van der Waals surface area contributed by atoms with Crippen LogP contribution in [0.5, 0.6) is 0 Å². The van der Waals surface area contributed by atoms with Crippen molar-refractivity contribution in [1.29, 1.82) is 0 Å². The van der Waals surface area contributed by atoms with Crippen molar-refractivity contribution < 1.29 is 13.2 Å². The molecule has 0 N–H and O–H groups in total. The standard InChI is InChI=1S/C20H29N3O3S/c1-27(24,25)23-12-9-20(10-13-23)26-18-6-5-11-21-14-16-22(17-15-21)19-7-3-2-4-8-19/h2-4,7-8,20H,9-18H2,1H3. The molecule has 7 heteroatoms. The van der Waals surface area contributed by atoms with E-state index in [9.17, 15) is 8.42 Å². The largest absolute Gasteiger partial charge is 0.369 e. The van der Waals surface area contributed by atoms with Gasteiger partial charge in [-0.3, -0.25) is 4.90 Å². The summed E-state index contributed by atoms with van der Waals surface area (Å²) in [6.45, 7) is 6.39. The van der Waals surface area contributed by atoms with Gasteiger partial charge in [-0.1, -0.05) is 30.0 Å². The van der Waals surface area contributed by atoms with E-state index in [2.05, 4.69) is 45.9 Å². The molecule has 2 fully saturated rings. The molecule has 2 heterocycles. The summed E-state index contributed by atoms with van der Waals surface area (Å²) in [4.78, 5) is 4.78. The molecular formula is C20H29N3O3S. The molecule has 2 saturated heterocycles. The fraction of sp³-hybridized carbons (Fsp3) is 0.600. The number of rotatable bonds is 5. The van der Waals surface area contributed by atoms with E-state index < -0.39 is 10.0 Å². The Morgan fingerprint density at radius 3 is 2.30 bits per heavy atom. The number of hydrogen-bond donors (Lipinski definition) is 0. The van der Waals surface area contributed by atoms with Crippen LogP contribution in [-0.2, 0) is 14.8 Å². The summed E-state index contributed by atoms with van der Waals surface area (Å²) < 4.78 is 30.3. The molecule has 0 aromatic heterocycles. The van der Waals surface area contributed by atoms with E-state index in [1.165, 1.54) is 16.2 Å². The Bertz CT molecular complexity index is 742. The molecule has 0 atom stereocenters. The van der Waals surface area contributed by atoms with Gasteiger partial charge < -0.3 is 9.64 Å². The molecule has 1 aromatic rings. The van der Waals surface area contributed by atoms with Crippen molar-refractivity contribution in [2.45, 2.75) is 18.9 Å². The lowest BCUT2D eigenvalue weighted by Crippen LogP contribution is -2.46. The highest BCUT2D eigenvalue weighted by atomic mass is 32.2. The first-order valence-corrected chi connectivity index (χ1v) is 11.4. The molecule has 0 aliphatic carbocycles. The second-order valence-corrected chi connectivity index (χ2v) is 9.11. The number of piperidine rings is 1. The van der Waals surface area contributed by atoms with E-state index in [4.69, 9.17) is 4.74 Å². The van der Waals surface area contributed by atoms with Crippen LogP contribution in [0.25, 0.3) is 0 Å². The molecule has 6 nitrogen and oxygen atoms in total. The molecule has 148 valence electrons. The lowest BCUT2D eigenvalue weighted by molar-refractivity contribution is 0.0410. The van der Waals surface area contributed by atoms with Gasteiger partial charge in [0.05, 0.1) is 18.9 Å². The van der Waals surface area contributed by atoms with Crippen molar-refractivity contribution in [2.24, 2.45) is 0 Å². The van der Waals surface area contributed by atoms with Gasteiger partial charge in [-0.2, -0.15) is 0 Å². The molecule has 0 saturated carbocycles.